The summed E-state index contributed by atoms with van der Waals surface area (Å²) in [5, 5.41) is 3.37. The van der Waals surface area contributed by atoms with E-state index >= 15 is 0 Å². The van der Waals surface area contributed by atoms with Gasteiger partial charge >= 0.3 is 5.76 Å². The number of nitrogens with zero attached hydrogens (tertiary/aromatic N) is 1. The van der Waals surface area contributed by atoms with Crippen molar-refractivity contribution in [2.45, 2.75) is 0 Å². The summed E-state index contributed by atoms with van der Waals surface area (Å²) in [4.78, 5) is 12.7. The largest absolute Gasteiger partial charge is 0.418 e. The molecule has 0 fully saturated rings. The highest BCUT2D eigenvalue weighted by molar-refractivity contribution is 5.64. The van der Waals surface area contributed by atoms with E-state index in [1.165, 1.54) is 6.26 Å². The van der Waals surface area contributed by atoms with Crippen LogP contribution in [-0.2, 0) is 0 Å². The minimum Gasteiger partial charge on any atom is -0.385 e. The first-order chi connectivity index (χ1) is 4.36. The summed E-state index contributed by atoms with van der Waals surface area (Å²) < 4.78 is 8.94. The third kappa shape index (κ3) is 0.479. The molecule has 0 bridgehead atoms. The van der Waals surface area contributed by atoms with Crippen molar-refractivity contribution < 1.29 is 8.94 Å². The SMILES string of the molecule is O=c1[nH]c2conc2o1. The second-order valence-electron chi connectivity index (χ2n) is 1.55. The molecule has 2 rings (SSSR count). The van der Waals surface area contributed by atoms with Crippen LogP contribution < -0.4 is 5.76 Å². The second-order valence-corrected chi connectivity index (χ2v) is 1.55. The fraction of sp³-hybridized carbons (Fsp3) is 0. The van der Waals surface area contributed by atoms with Crippen molar-refractivity contribution in [1.29, 1.82) is 0 Å². The maximum atomic E-state index is 10.3. The molecule has 2 heterocycles. The van der Waals surface area contributed by atoms with Crippen LogP contribution in [0.1, 0.15) is 0 Å². The van der Waals surface area contributed by atoms with Gasteiger partial charge in [-0.1, -0.05) is 0 Å². The van der Waals surface area contributed by atoms with E-state index in [4.69, 9.17) is 0 Å². The van der Waals surface area contributed by atoms with Crippen molar-refractivity contribution in [1.82, 2.24) is 10.1 Å². The van der Waals surface area contributed by atoms with Gasteiger partial charge < -0.3 is 8.94 Å². The molecule has 2 aromatic rings. The van der Waals surface area contributed by atoms with Gasteiger partial charge in [-0.3, -0.25) is 4.98 Å². The van der Waals surface area contributed by atoms with Crippen LogP contribution in [0.4, 0.5) is 0 Å². The van der Waals surface area contributed by atoms with Gasteiger partial charge in [0.2, 0.25) is 0 Å². The molecule has 0 atom stereocenters. The zero-order valence-corrected chi connectivity index (χ0v) is 4.25. The molecule has 0 amide bonds. The van der Waals surface area contributed by atoms with Gasteiger partial charge in [0.15, 0.2) is 6.26 Å². The molecule has 0 saturated carbocycles. The molecule has 0 aliphatic carbocycles. The zero-order valence-electron chi connectivity index (χ0n) is 4.25. The lowest BCUT2D eigenvalue weighted by Gasteiger charge is -1.60. The van der Waals surface area contributed by atoms with Crippen molar-refractivity contribution in [3.8, 4) is 0 Å². The monoisotopic (exact) mass is 126 g/mol. The van der Waals surface area contributed by atoms with Gasteiger partial charge in [0.1, 0.15) is 5.52 Å². The normalized spacial score (nSPS) is 10.7. The Morgan fingerprint density at radius 3 is 3.33 bits per heavy atom. The molecule has 2 aromatic heterocycles. The van der Waals surface area contributed by atoms with E-state index in [0.717, 1.165) is 0 Å². The van der Waals surface area contributed by atoms with Gasteiger partial charge in [0.05, 0.1) is 0 Å². The molecule has 0 radical (unpaired) electrons. The summed E-state index contributed by atoms with van der Waals surface area (Å²) in [5.41, 5.74) is 0.694. The quantitative estimate of drug-likeness (QED) is 0.543. The topological polar surface area (TPSA) is 72.0 Å². The number of aromatic amines is 1. The van der Waals surface area contributed by atoms with Crippen LogP contribution >= 0.6 is 0 Å². The molecule has 5 nitrogen and oxygen atoms in total. The van der Waals surface area contributed by atoms with Crippen molar-refractivity contribution in [3.05, 3.63) is 16.8 Å². The van der Waals surface area contributed by atoms with Crippen LogP contribution in [0.3, 0.4) is 0 Å². The van der Waals surface area contributed by atoms with E-state index < -0.39 is 5.76 Å². The van der Waals surface area contributed by atoms with Gasteiger partial charge in [-0.2, -0.15) is 0 Å². The molecule has 0 aromatic carbocycles. The Morgan fingerprint density at radius 2 is 2.56 bits per heavy atom. The van der Waals surface area contributed by atoms with Crippen molar-refractivity contribution in [3.63, 3.8) is 0 Å². The number of hydrogen-bond acceptors (Lipinski definition) is 4. The first kappa shape index (κ1) is 4.37. The van der Waals surface area contributed by atoms with Gasteiger partial charge in [0.25, 0.3) is 5.71 Å². The maximum absolute atomic E-state index is 10.3. The molecular formula is C4H2N2O3. The third-order valence-corrected chi connectivity index (χ3v) is 0.963. The van der Waals surface area contributed by atoms with Gasteiger partial charge in [-0.05, 0) is 5.16 Å². The van der Waals surface area contributed by atoms with Crippen LogP contribution in [0, 0.1) is 0 Å². The summed E-state index contributed by atoms with van der Waals surface area (Å²) in [6, 6.07) is 0. The van der Waals surface area contributed by atoms with Gasteiger partial charge in [-0.15, -0.1) is 0 Å². The van der Waals surface area contributed by atoms with Crippen molar-refractivity contribution in [2.24, 2.45) is 0 Å². The van der Waals surface area contributed by atoms with Crippen LogP contribution in [0.5, 0.6) is 0 Å². The Balaban J connectivity index is 3.08. The zero-order chi connectivity index (χ0) is 6.27. The lowest BCUT2D eigenvalue weighted by atomic mass is 10.6. The smallest absolute Gasteiger partial charge is 0.385 e. The predicted molar refractivity (Wildman–Crippen MR) is 26.9 cm³/mol. The number of nitrogens with one attached hydrogen (secondary N) is 1. The second kappa shape index (κ2) is 1.25. The van der Waals surface area contributed by atoms with Crippen LogP contribution in [-0.4, -0.2) is 10.1 Å². The molecule has 5 heteroatoms. The van der Waals surface area contributed by atoms with Gasteiger partial charge in [0, 0.05) is 0 Å². The lowest BCUT2D eigenvalue weighted by molar-refractivity contribution is 0.402. The summed E-state index contributed by atoms with van der Waals surface area (Å²) >= 11 is 0. The van der Waals surface area contributed by atoms with Crippen LogP contribution in [0.2, 0.25) is 0 Å². The molecule has 1 N–H and O–H groups in total. The molecular weight excluding hydrogens is 124 g/mol. The summed E-state index contributed by atoms with van der Waals surface area (Å²) in [5.74, 6) is -0.511. The third-order valence-electron chi connectivity index (χ3n) is 0.963. The van der Waals surface area contributed by atoms with Gasteiger partial charge in [-0.25, -0.2) is 4.79 Å². The van der Waals surface area contributed by atoms with Crippen LogP contribution in [0.25, 0.3) is 11.2 Å². The Kier molecular flexibility index (Phi) is 0.606. The van der Waals surface area contributed by atoms with E-state index in [2.05, 4.69) is 19.1 Å². The Hall–Kier alpha value is -1.52. The molecule has 46 valence electrons. The minimum absolute atomic E-state index is 0.208. The lowest BCUT2D eigenvalue weighted by Crippen LogP contribution is -1.93. The summed E-state index contributed by atoms with van der Waals surface area (Å²) in [6.07, 6.45) is 1.31. The minimum atomic E-state index is -0.511. The van der Waals surface area contributed by atoms with Crippen molar-refractivity contribution in [2.75, 3.05) is 0 Å². The van der Waals surface area contributed by atoms with Crippen LogP contribution in [0.15, 0.2) is 20.0 Å². The molecule has 0 aliphatic heterocycles. The molecule has 0 spiro atoms. The standard InChI is InChI=1S/C4H2N2O3/c7-4-5-2-1-8-6-3(2)9-4/h1H,(H,5,7). The number of aromatic nitrogens is 2. The number of fused-ring (bicyclic) bond motifs is 1. The number of oxazole rings is 1. The number of hydrogen-bond donors (Lipinski definition) is 1. The Bertz CT molecular complexity index is 336. The van der Waals surface area contributed by atoms with E-state index in [1.807, 2.05) is 0 Å². The van der Waals surface area contributed by atoms with Crippen molar-refractivity contribution >= 4 is 11.2 Å². The van der Waals surface area contributed by atoms with E-state index in [9.17, 15) is 4.79 Å². The fourth-order valence-corrected chi connectivity index (χ4v) is 0.606. The predicted octanol–water partition coefficient (Wildman–Crippen LogP) is 0.109. The fourth-order valence-electron chi connectivity index (χ4n) is 0.606. The highest BCUT2D eigenvalue weighted by Crippen LogP contribution is 2.03. The first-order valence-electron chi connectivity index (χ1n) is 2.29. The Morgan fingerprint density at radius 1 is 1.67 bits per heavy atom. The molecule has 0 aliphatic rings. The Labute approximate surface area is 48.3 Å². The first-order valence-corrected chi connectivity index (χ1v) is 2.29. The maximum Gasteiger partial charge on any atom is 0.418 e. The number of H-pyrrole nitrogens is 1. The van der Waals surface area contributed by atoms with E-state index in [-0.39, 0.29) is 5.71 Å². The molecule has 0 saturated heterocycles. The highest BCUT2D eigenvalue weighted by Gasteiger charge is 2.01. The average Bonchev–Trinajstić information content (AvgIpc) is 2.22. The molecule has 9 heavy (non-hydrogen) atoms. The molecule has 0 unspecified atom stereocenters. The summed E-state index contributed by atoms with van der Waals surface area (Å²) in [6.45, 7) is 0. The van der Waals surface area contributed by atoms with E-state index in [1.54, 1.807) is 0 Å². The number of rotatable bonds is 0. The van der Waals surface area contributed by atoms with E-state index in [0.29, 0.717) is 5.52 Å². The average molecular weight is 126 g/mol. The highest BCUT2D eigenvalue weighted by atomic mass is 16.5. The summed E-state index contributed by atoms with van der Waals surface area (Å²) in [7, 11) is 0.